The highest BCUT2D eigenvalue weighted by Gasteiger charge is 2.34. The molecule has 2 aliphatic rings. The predicted octanol–water partition coefficient (Wildman–Crippen LogP) is 20.7. The molecule has 0 radical (unpaired) electrons. The average molecular weight is 1030 g/mol. The third-order valence-electron chi connectivity index (χ3n) is 18.3. The Bertz CT molecular complexity index is 4760. The Labute approximate surface area is 465 Å². The van der Waals surface area contributed by atoms with Crippen LogP contribution in [0.15, 0.2) is 218 Å². The first-order chi connectivity index (χ1) is 39.0. The van der Waals surface area contributed by atoms with Gasteiger partial charge in [0.05, 0.1) is 55.8 Å². The zero-order valence-corrected chi connectivity index (χ0v) is 46.0. The van der Waals surface area contributed by atoms with E-state index in [4.69, 9.17) is 0 Å². The summed E-state index contributed by atoms with van der Waals surface area (Å²) in [6.45, 7) is 14.1. The van der Waals surface area contributed by atoms with Crippen molar-refractivity contribution >= 4 is 110 Å². The maximum Gasteiger partial charge on any atom is 0.0621 e. The molecule has 80 heavy (non-hydrogen) atoms. The summed E-state index contributed by atoms with van der Waals surface area (Å²) >= 11 is 0. The Kier molecular flexibility index (Phi) is 9.19. The van der Waals surface area contributed by atoms with Crippen molar-refractivity contribution in [2.45, 2.75) is 65.2 Å². The molecule has 0 saturated heterocycles. The molecule has 4 heterocycles. The monoisotopic (exact) mass is 1030 g/mol. The first kappa shape index (κ1) is 45.6. The first-order valence-corrected chi connectivity index (χ1v) is 28.5. The largest absolute Gasteiger partial charge is 0.309 e. The van der Waals surface area contributed by atoms with Gasteiger partial charge in [-0.2, -0.15) is 0 Å². The Morgan fingerprint density at radius 1 is 0.300 bits per heavy atom. The lowest BCUT2D eigenvalue weighted by Crippen LogP contribution is -2.14. The van der Waals surface area contributed by atoms with Crippen LogP contribution in [0.25, 0.3) is 98.4 Å². The number of aromatic nitrogens is 2. The van der Waals surface area contributed by atoms with Crippen molar-refractivity contribution in [2.75, 3.05) is 9.80 Å². The van der Waals surface area contributed by atoms with Gasteiger partial charge in [-0.25, -0.2) is 0 Å². The third-order valence-corrected chi connectivity index (χ3v) is 18.3. The van der Waals surface area contributed by atoms with E-state index in [0.717, 1.165) is 24.2 Å². The smallest absolute Gasteiger partial charge is 0.0621 e. The number of anilines is 6. The Hall–Kier alpha value is -9.38. The maximum atomic E-state index is 2.58. The molecule has 0 atom stereocenters. The second kappa shape index (κ2) is 16.1. The normalized spacial score (nSPS) is 13.3. The van der Waals surface area contributed by atoms with Gasteiger partial charge < -0.3 is 18.6 Å². The Morgan fingerprint density at radius 2 is 0.650 bits per heavy atom. The van der Waals surface area contributed by atoms with E-state index >= 15 is 0 Å². The van der Waals surface area contributed by atoms with Crippen molar-refractivity contribution in [3.05, 3.63) is 252 Å². The molecule has 0 bridgehead atoms. The van der Waals surface area contributed by atoms with Gasteiger partial charge in [0.25, 0.3) is 0 Å². The van der Waals surface area contributed by atoms with E-state index in [-0.39, 0.29) is 10.8 Å². The second-order valence-corrected chi connectivity index (χ2v) is 24.8. The Balaban J connectivity index is 0.874. The number of fused-ring (bicyclic) bond motifs is 18. The average Bonchev–Trinajstić information content (AvgIpc) is 4.50. The van der Waals surface area contributed by atoms with Crippen LogP contribution in [0.1, 0.15) is 74.9 Å². The quantitative estimate of drug-likeness (QED) is 0.165. The highest BCUT2D eigenvalue weighted by atomic mass is 15.2. The van der Waals surface area contributed by atoms with Crippen molar-refractivity contribution in [1.29, 1.82) is 0 Å². The minimum Gasteiger partial charge on any atom is -0.309 e. The van der Waals surface area contributed by atoms with Crippen molar-refractivity contribution in [2.24, 2.45) is 0 Å². The van der Waals surface area contributed by atoms with Gasteiger partial charge >= 0.3 is 0 Å². The molecule has 0 N–H and O–H groups in total. The lowest BCUT2D eigenvalue weighted by Gasteiger charge is -2.28. The molecule has 0 saturated carbocycles. The summed E-state index contributed by atoms with van der Waals surface area (Å²) in [5.74, 6) is 0. The van der Waals surface area contributed by atoms with Crippen LogP contribution in [0.5, 0.6) is 0 Å². The molecule has 0 unspecified atom stereocenters. The predicted molar refractivity (Wildman–Crippen MR) is 339 cm³/mol. The van der Waals surface area contributed by atoms with E-state index in [9.17, 15) is 0 Å². The van der Waals surface area contributed by atoms with E-state index in [2.05, 4.69) is 279 Å². The van der Waals surface area contributed by atoms with Crippen molar-refractivity contribution < 1.29 is 0 Å². The summed E-state index contributed by atoms with van der Waals surface area (Å²) in [7, 11) is 0. The van der Waals surface area contributed by atoms with Crippen LogP contribution >= 0.6 is 0 Å². The molecular weight excluding hydrogens is 969 g/mol. The summed E-state index contributed by atoms with van der Waals surface area (Å²) in [4.78, 5) is 5.09. The number of benzene rings is 11. The topological polar surface area (TPSA) is 15.3 Å². The van der Waals surface area contributed by atoms with Crippen molar-refractivity contribution in [1.82, 2.24) is 8.80 Å². The molecule has 0 fully saturated rings. The SMILES string of the molecule is CC(C)(C)c1cccc2c1Cc1c-2cccc1N(c1ccccc1)c1cccc2c1c1cccc3c4cc5c(cc4n2c31)c1cccc2c3c(N(c4ccccc4)c4cccc6c4Cc4c-6cccc4C(C)(C)C)cccc3n5c12. The molecule has 2 aliphatic carbocycles. The van der Waals surface area contributed by atoms with Gasteiger partial charge in [-0.3, -0.25) is 0 Å². The van der Waals surface area contributed by atoms with Crippen molar-refractivity contribution in [3.8, 4) is 22.3 Å². The van der Waals surface area contributed by atoms with Crippen LogP contribution in [0.2, 0.25) is 0 Å². The Morgan fingerprint density at radius 3 is 1.06 bits per heavy atom. The fraction of sp³-hybridized carbons (Fsp3) is 0.132. The van der Waals surface area contributed by atoms with Crippen molar-refractivity contribution in [3.63, 3.8) is 0 Å². The van der Waals surface area contributed by atoms with Gasteiger partial charge in [0.1, 0.15) is 0 Å². The number of nitrogens with zero attached hydrogens (tertiary/aromatic N) is 4. The van der Waals surface area contributed by atoms with Gasteiger partial charge in [0, 0.05) is 67.3 Å². The van der Waals surface area contributed by atoms with Gasteiger partial charge in [-0.05, 0) is 139 Å². The van der Waals surface area contributed by atoms with Crippen LogP contribution in [-0.2, 0) is 23.7 Å². The summed E-state index contributed by atoms with van der Waals surface area (Å²) < 4.78 is 5.15. The molecule has 17 rings (SSSR count). The third kappa shape index (κ3) is 6.11. The van der Waals surface area contributed by atoms with E-state index in [1.54, 1.807) is 0 Å². The van der Waals surface area contributed by atoms with Crippen LogP contribution < -0.4 is 9.80 Å². The molecule has 4 heteroatoms. The summed E-state index contributed by atoms with van der Waals surface area (Å²) in [5.41, 5.74) is 28.6. The number of hydrogen-bond acceptors (Lipinski definition) is 2. The molecule has 11 aromatic carbocycles. The number of para-hydroxylation sites is 4. The maximum absolute atomic E-state index is 2.58. The number of hydrogen-bond donors (Lipinski definition) is 0. The van der Waals surface area contributed by atoms with E-state index in [0.29, 0.717) is 0 Å². The highest BCUT2D eigenvalue weighted by Crippen LogP contribution is 2.54. The molecule has 382 valence electrons. The van der Waals surface area contributed by atoms with Gasteiger partial charge in [0.2, 0.25) is 0 Å². The summed E-state index contributed by atoms with van der Waals surface area (Å²) in [6, 6.07) is 82.7. The van der Waals surface area contributed by atoms with Gasteiger partial charge in [-0.15, -0.1) is 0 Å². The molecular formula is C76H58N4. The molecule has 4 aromatic heterocycles. The molecule has 4 nitrogen and oxygen atoms in total. The molecule has 0 amide bonds. The van der Waals surface area contributed by atoms with Crippen LogP contribution in [0, 0.1) is 0 Å². The first-order valence-electron chi connectivity index (χ1n) is 28.5. The molecule has 0 aliphatic heterocycles. The van der Waals surface area contributed by atoms with Gasteiger partial charge in [-0.1, -0.05) is 187 Å². The molecule has 0 spiro atoms. The lowest BCUT2D eigenvalue weighted by molar-refractivity contribution is 0.585. The minimum atomic E-state index is 0.0365. The van der Waals surface area contributed by atoms with E-state index < -0.39 is 0 Å². The standard InChI is InChI=1S/C76H58N4/c1-75(2,3)61-33-15-25-47-49-27-17-35-63(57(49)41-55(47)61)77(45-21-9-7-10-22-45)65-37-19-39-67-71(65)53-31-13-29-51-59-44-70-60(43-69(59)79(67)73(51)53)52-30-14-32-54-72-66(38-20-40-68(72)80(70)74(52)54)78(46-23-11-8-12-24-46)64-36-18-28-50-48-26-16-34-62(76(4,5)6)56(48)42-58(50)64/h7-40,43-44H,41-42H2,1-6H3. The minimum absolute atomic E-state index is 0.0365. The zero-order chi connectivity index (χ0) is 53.5. The zero-order valence-electron chi connectivity index (χ0n) is 46.0. The fourth-order valence-corrected chi connectivity index (χ4v) is 15.1. The van der Waals surface area contributed by atoms with Gasteiger partial charge in [0.15, 0.2) is 0 Å². The van der Waals surface area contributed by atoms with Crippen LogP contribution in [0.4, 0.5) is 34.1 Å². The molecule has 15 aromatic rings. The fourth-order valence-electron chi connectivity index (χ4n) is 15.1. The lowest BCUT2D eigenvalue weighted by atomic mass is 9.82. The van der Waals surface area contributed by atoms with E-state index in [1.165, 1.54) is 155 Å². The second-order valence-electron chi connectivity index (χ2n) is 24.8. The van der Waals surface area contributed by atoms with Crippen LogP contribution in [0.3, 0.4) is 0 Å². The highest BCUT2D eigenvalue weighted by molar-refractivity contribution is 6.31. The number of rotatable bonds is 6. The summed E-state index contributed by atoms with van der Waals surface area (Å²) in [6.07, 6.45) is 1.80. The summed E-state index contributed by atoms with van der Waals surface area (Å²) in [5, 5.41) is 10.1. The van der Waals surface area contributed by atoms with E-state index in [1.807, 2.05) is 0 Å². The van der Waals surface area contributed by atoms with Crippen LogP contribution in [-0.4, -0.2) is 8.80 Å².